The average Bonchev–Trinajstić information content (AvgIpc) is 2.87. The van der Waals surface area contributed by atoms with Gasteiger partial charge in [0.1, 0.15) is 19.8 Å². The number of hydrogen-bond donors (Lipinski definition) is 1. The van der Waals surface area contributed by atoms with Crippen molar-refractivity contribution in [1.82, 2.24) is 5.32 Å². The van der Waals surface area contributed by atoms with Crippen molar-refractivity contribution >= 4 is 21.6 Å². The Morgan fingerprint density at radius 2 is 1.51 bits per heavy atom. The van der Waals surface area contributed by atoms with Crippen molar-refractivity contribution in [3.63, 3.8) is 0 Å². The predicted molar refractivity (Wildman–Crippen MR) is 135 cm³/mol. The number of benzene rings is 3. The van der Waals surface area contributed by atoms with Crippen molar-refractivity contribution in [3.05, 3.63) is 83.9 Å². The summed E-state index contributed by atoms with van der Waals surface area (Å²) >= 11 is 0. The lowest BCUT2D eigenvalue weighted by Gasteiger charge is -2.26. The number of nitrogens with one attached hydrogen (secondary N) is 1. The summed E-state index contributed by atoms with van der Waals surface area (Å²) in [5.41, 5.74) is 2.35. The van der Waals surface area contributed by atoms with Crippen LogP contribution in [-0.2, 0) is 14.8 Å². The molecule has 1 unspecified atom stereocenters. The van der Waals surface area contributed by atoms with Gasteiger partial charge in [-0.05, 0) is 60.4 Å². The number of carbonyl (C=O) groups is 1. The number of ether oxygens (including phenoxy) is 2. The van der Waals surface area contributed by atoms with E-state index in [1.54, 1.807) is 30.3 Å². The number of amides is 1. The largest absolute Gasteiger partial charge is 0.486 e. The first-order chi connectivity index (χ1) is 16.8. The maximum atomic E-state index is 13.5. The topological polar surface area (TPSA) is 84.9 Å². The SMILES string of the molecule is CC(C)c1ccc(N(CC(=O)NC(C)c2ccc3c(c2)OCCO3)S(=O)(=O)c2ccccc2)cc1. The molecule has 0 spiro atoms. The highest BCUT2D eigenvalue weighted by molar-refractivity contribution is 7.92. The summed E-state index contributed by atoms with van der Waals surface area (Å²) in [4.78, 5) is 13.2. The Morgan fingerprint density at radius 1 is 0.886 bits per heavy atom. The van der Waals surface area contributed by atoms with Crippen molar-refractivity contribution in [2.75, 3.05) is 24.1 Å². The maximum Gasteiger partial charge on any atom is 0.264 e. The zero-order valence-corrected chi connectivity index (χ0v) is 20.9. The number of rotatable bonds is 8. The van der Waals surface area contributed by atoms with Crippen LogP contribution in [0.3, 0.4) is 0 Å². The van der Waals surface area contributed by atoms with Crippen molar-refractivity contribution in [2.24, 2.45) is 0 Å². The van der Waals surface area contributed by atoms with E-state index >= 15 is 0 Å². The Morgan fingerprint density at radius 3 is 2.17 bits per heavy atom. The lowest BCUT2D eigenvalue weighted by atomic mass is 10.0. The van der Waals surface area contributed by atoms with Crippen LogP contribution in [0.5, 0.6) is 11.5 Å². The Hall–Kier alpha value is -3.52. The van der Waals surface area contributed by atoms with Crippen LogP contribution < -0.4 is 19.1 Å². The first-order valence-corrected chi connectivity index (χ1v) is 13.1. The van der Waals surface area contributed by atoms with Crippen molar-refractivity contribution in [1.29, 1.82) is 0 Å². The quantitative estimate of drug-likeness (QED) is 0.493. The van der Waals surface area contributed by atoms with Gasteiger partial charge in [-0.3, -0.25) is 9.10 Å². The molecular formula is C27H30N2O5S. The molecule has 4 rings (SSSR count). The summed E-state index contributed by atoms with van der Waals surface area (Å²) in [6, 6.07) is 20.6. The van der Waals surface area contributed by atoms with E-state index in [1.165, 1.54) is 12.1 Å². The van der Waals surface area contributed by atoms with Gasteiger partial charge in [-0.25, -0.2) is 8.42 Å². The smallest absolute Gasteiger partial charge is 0.264 e. The number of fused-ring (bicyclic) bond motifs is 1. The second-order valence-corrected chi connectivity index (χ2v) is 10.6. The molecule has 1 amide bonds. The van der Waals surface area contributed by atoms with Crippen LogP contribution in [0.4, 0.5) is 5.69 Å². The third kappa shape index (κ3) is 5.59. The molecule has 0 fully saturated rings. The van der Waals surface area contributed by atoms with Crippen molar-refractivity contribution in [2.45, 2.75) is 37.6 Å². The zero-order chi connectivity index (χ0) is 25.0. The van der Waals surface area contributed by atoms with Gasteiger partial charge in [0.25, 0.3) is 10.0 Å². The molecule has 0 bridgehead atoms. The maximum absolute atomic E-state index is 13.5. The minimum Gasteiger partial charge on any atom is -0.486 e. The molecule has 1 N–H and O–H groups in total. The summed E-state index contributed by atoms with van der Waals surface area (Å²) in [6.45, 7) is 6.60. The molecule has 3 aromatic rings. The molecule has 3 aromatic carbocycles. The summed E-state index contributed by atoms with van der Waals surface area (Å²) in [5, 5.41) is 2.91. The number of nitrogens with zero attached hydrogens (tertiary/aromatic N) is 1. The molecule has 1 heterocycles. The zero-order valence-electron chi connectivity index (χ0n) is 20.1. The van der Waals surface area contributed by atoms with Crippen LogP contribution in [0.25, 0.3) is 0 Å². The first kappa shape index (κ1) is 24.6. The second-order valence-electron chi connectivity index (χ2n) is 8.76. The fourth-order valence-corrected chi connectivity index (χ4v) is 5.33. The number of sulfonamides is 1. The van der Waals surface area contributed by atoms with Crippen LogP contribution in [0, 0.1) is 0 Å². The van der Waals surface area contributed by atoms with E-state index in [1.807, 2.05) is 37.3 Å². The van der Waals surface area contributed by atoms with Crippen molar-refractivity contribution in [3.8, 4) is 11.5 Å². The van der Waals surface area contributed by atoms with Crippen LogP contribution in [0.15, 0.2) is 77.7 Å². The monoisotopic (exact) mass is 494 g/mol. The van der Waals surface area contributed by atoms with Crippen LogP contribution >= 0.6 is 0 Å². The molecule has 7 nitrogen and oxygen atoms in total. The first-order valence-electron chi connectivity index (χ1n) is 11.6. The molecular weight excluding hydrogens is 464 g/mol. The van der Waals surface area contributed by atoms with Gasteiger partial charge >= 0.3 is 0 Å². The number of carbonyl (C=O) groups excluding carboxylic acids is 1. The fraction of sp³-hybridized carbons (Fsp3) is 0.296. The molecule has 0 radical (unpaired) electrons. The lowest BCUT2D eigenvalue weighted by molar-refractivity contribution is -0.120. The average molecular weight is 495 g/mol. The van der Waals surface area contributed by atoms with Gasteiger partial charge in [-0.2, -0.15) is 0 Å². The molecule has 1 aliphatic heterocycles. The van der Waals surface area contributed by atoms with E-state index in [0.717, 1.165) is 15.4 Å². The van der Waals surface area contributed by atoms with Gasteiger partial charge in [0, 0.05) is 0 Å². The number of hydrogen-bond acceptors (Lipinski definition) is 5. The highest BCUT2D eigenvalue weighted by atomic mass is 32.2. The molecule has 0 saturated carbocycles. The standard InChI is InChI=1S/C27H30N2O5S/c1-19(2)21-9-12-23(13-10-21)29(35(31,32)24-7-5-4-6-8-24)18-27(30)28-20(3)22-11-14-25-26(17-22)34-16-15-33-25/h4-14,17,19-20H,15-16,18H2,1-3H3,(H,28,30). The summed E-state index contributed by atoms with van der Waals surface area (Å²) in [5.74, 6) is 1.19. The second kappa shape index (κ2) is 10.4. The molecule has 8 heteroatoms. The molecule has 0 aromatic heterocycles. The minimum absolute atomic E-state index is 0.126. The molecule has 1 aliphatic rings. The molecule has 0 aliphatic carbocycles. The Labute approximate surface area is 206 Å². The Kier molecular flexibility index (Phi) is 7.31. The molecule has 1 atom stereocenters. The van der Waals surface area contributed by atoms with E-state index in [-0.39, 0.29) is 17.5 Å². The summed E-state index contributed by atoms with van der Waals surface area (Å²) < 4.78 is 39.4. The molecule has 184 valence electrons. The van der Waals surface area contributed by atoms with Gasteiger partial charge in [-0.1, -0.05) is 50.2 Å². The van der Waals surface area contributed by atoms with E-state index in [2.05, 4.69) is 19.2 Å². The third-order valence-electron chi connectivity index (χ3n) is 5.91. The van der Waals surface area contributed by atoms with Crippen LogP contribution in [-0.4, -0.2) is 34.1 Å². The van der Waals surface area contributed by atoms with Gasteiger partial charge < -0.3 is 14.8 Å². The van der Waals surface area contributed by atoms with E-state index < -0.39 is 15.9 Å². The van der Waals surface area contributed by atoms with Gasteiger partial charge in [-0.15, -0.1) is 0 Å². The van der Waals surface area contributed by atoms with E-state index in [9.17, 15) is 13.2 Å². The summed E-state index contributed by atoms with van der Waals surface area (Å²) in [6.07, 6.45) is 0. The van der Waals surface area contributed by atoms with E-state index in [4.69, 9.17) is 9.47 Å². The third-order valence-corrected chi connectivity index (χ3v) is 7.70. The molecule has 35 heavy (non-hydrogen) atoms. The summed E-state index contributed by atoms with van der Waals surface area (Å²) in [7, 11) is -3.96. The van der Waals surface area contributed by atoms with Gasteiger partial charge in [0.2, 0.25) is 5.91 Å². The van der Waals surface area contributed by atoms with Crippen LogP contribution in [0.2, 0.25) is 0 Å². The normalized spacial score (nSPS) is 13.8. The highest BCUT2D eigenvalue weighted by Crippen LogP contribution is 2.32. The molecule has 0 saturated heterocycles. The van der Waals surface area contributed by atoms with Crippen LogP contribution in [0.1, 0.15) is 43.9 Å². The Balaban J connectivity index is 1.57. The fourth-order valence-electron chi connectivity index (χ4n) is 3.89. The van der Waals surface area contributed by atoms with Crippen molar-refractivity contribution < 1.29 is 22.7 Å². The lowest BCUT2D eigenvalue weighted by Crippen LogP contribution is -2.41. The number of anilines is 1. The van der Waals surface area contributed by atoms with Gasteiger partial charge in [0.15, 0.2) is 11.5 Å². The van der Waals surface area contributed by atoms with E-state index in [0.29, 0.717) is 36.3 Å². The predicted octanol–water partition coefficient (Wildman–Crippen LogP) is 4.65. The Bertz CT molecular complexity index is 1270. The minimum atomic E-state index is -3.96. The van der Waals surface area contributed by atoms with Gasteiger partial charge in [0.05, 0.1) is 16.6 Å². The highest BCUT2D eigenvalue weighted by Gasteiger charge is 2.28.